The van der Waals surface area contributed by atoms with Crippen molar-refractivity contribution in [2.75, 3.05) is 5.32 Å². The molecule has 0 saturated carbocycles. The van der Waals surface area contributed by atoms with Gasteiger partial charge in [0.05, 0.1) is 0 Å². The fourth-order valence-corrected chi connectivity index (χ4v) is 1.43. The molecule has 0 fully saturated rings. The number of nitrogens with zero attached hydrogens (tertiary/aromatic N) is 1. The first-order valence-electron chi connectivity index (χ1n) is 5.99. The average Bonchev–Trinajstić information content (AvgIpc) is 2.33. The number of hydrogen-bond donors (Lipinski definition) is 3. The third-order valence-corrected chi connectivity index (χ3v) is 2.30. The lowest BCUT2D eigenvalue weighted by atomic mass is 10.1. The van der Waals surface area contributed by atoms with Crippen molar-refractivity contribution in [3.63, 3.8) is 0 Å². The standard InChI is InChI=1S/C14H18N4O/c1-4-5-8-16-13(15)18-14(19)17-12-7-6-10(2)9-11(12)3/h6-7,9H,4H2,1-3H3,(H4,15,16,17,18,19). The summed E-state index contributed by atoms with van der Waals surface area (Å²) in [7, 11) is 0. The monoisotopic (exact) mass is 258 g/mol. The number of nitrogens with two attached hydrogens (primary N) is 1. The Morgan fingerprint density at radius 2 is 2.16 bits per heavy atom. The van der Waals surface area contributed by atoms with Crippen LogP contribution in [0.3, 0.4) is 0 Å². The minimum absolute atomic E-state index is 0.0248. The van der Waals surface area contributed by atoms with Crippen LogP contribution in [0.4, 0.5) is 10.5 Å². The second-order valence-electron chi connectivity index (χ2n) is 4.04. The van der Waals surface area contributed by atoms with Crippen LogP contribution in [-0.2, 0) is 0 Å². The van der Waals surface area contributed by atoms with Gasteiger partial charge in [0, 0.05) is 18.2 Å². The number of aliphatic imine (C=N–C) groups is 1. The summed E-state index contributed by atoms with van der Waals surface area (Å²) in [6.07, 6.45) is 0.686. The van der Waals surface area contributed by atoms with Gasteiger partial charge in [0.2, 0.25) is 5.96 Å². The van der Waals surface area contributed by atoms with E-state index in [0.29, 0.717) is 6.42 Å². The lowest BCUT2D eigenvalue weighted by molar-refractivity contribution is 0.256. The number of aryl methyl sites for hydroxylation is 2. The maximum Gasteiger partial charge on any atom is 0.326 e. The van der Waals surface area contributed by atoms with Crippen molar-refractivity contribution in [3.8, 4) is 12.0 Å². The van der Waals surface area contributed by atoms with E-state index in [1.54, 1.807) is 0 Å². The third-order valence-electron chi connectivity index (χ3n) is 2.30. The zero-order valence-corrected chi connectivity index (χ0v) is 11.4. The van der Waals surface area contributed by atoms with E-state index in [0.717, 1.165) is 16.8 Å². The molecule has 5 heteroatoms. The van der Waals surface area contributed by atoms with E-state index in [-0.39, 0.29) is 5.96 Å². The van der Waals surface area contributed by atoms with Crippen LogP contribution in [0.5, 0.6) is 0 Å². The summed E-state index contributed by atoms with van der Waals surface area (Å²) in [5, 5.41) is 5.10. The Balaban J connectivity index is 2.63. The summed E-state index contributed by atoms with van der Waals surface area (Å²) in [6, 6.07) is 7.81. The van der Waals surface area contributed by atoms with E-state index in [4.69, 9.17) is 5.73 Å². The molecule has 100 valence electrons. The fourth-order valence-electron chi connectivity index (χ4n) is 1.43. The molecule has 0 spiro atoms. The SMILES string of the molecule is CCC#CN=C(N)NC(=O)Nc1ccc(C)cc1C. The van der Waals surface area contributed by atoms with Crippen molar-refractivity contribution >= 4 is 17.7 Å². The molecule has 1 aromatic carbocycles. The molecule has 0 aliphatic heterocycles. The van der Waals surface area contributed by atoms with Crippen LogP contribution in [0.2, 0.25) is 0 Å². The predicted octanol–water partition coefficient (Wildman–Crippen LogP) is 2.11. The Labute approximate surface area is 113 Å². The first kappa shape index (κ1) is 14.6. The van der Waals surface area contributed by atoms with E-state index >= 15 is 0 Å². The van der Waals surface area contributed by atoms with Crippen LogP contribution in [0.15, 0.2) is 23.2 Å². The number of urea groups is 1. The number of carbonyl (C=O) groups is 1. The second-order valence-corrected chi connectivity index (χ2v) is 4.04. The second kappa shape index (κ2) is 7.07. The first-order chi connectivity index (χ1) is 9.02. The molecule has 1 aromatic rings. The number of rotatable bonds is 1. The van der Waals surface area contributed by atoms with Crippen molar-refractivity contribution in [1.29, 1.82) is 0 Å². The van der Waals surface area contributed by atoms with Gasteiger partial charge in [-0.05, 0) is 25.5 Å². The fraction of sp³-hybridized carbons (Fsp3) is 0.286. The van der Waals surface area contributed by atoms with Crippen LogP contribution in [0, 0.1) is 25.8 Å². The van der Waals surface area contributed by atoms with Gasteiger partial charge >= 0.3 is 6.03 Å². The summed E-state index contributed by atoms with van der Waals surface area (Å²) >= 11 is 0. The number of carbonyl (C=O) groups excluding carboxylic acids is 1. The summed E-state index contributed by atoms with van der Waals surface area (Å²) in [5.41, 5.74) is 8.36. The van der Waals surface area contributed by atoms with Gasteiger partial charge in [-0.3, -0.25) is 5.32 Å². The summed E-state index contributed by atoms with van der Waals surface area (Å²) in [4.78, 5) is 15.4. The Morgan fingerprint density at radius 1 is 1.42 bits per heavy atom. The van der Waals surface area contributed by atoms with Crippen molar-refractivity contribution in [3.05, 3.63) is 29.3 Å². The molecule has 0 aliphatic rings. The highest BCUT2D eigenvalue weighted by Gasteiger charge is 2.05. The van der Waals surface area contributed by atoms with E-state index in [9.17, 15) is 4.79 Å². The van der Waals surface area contributed by atoms with Crippen LogP contribution >= 0.6 is 0 Å². The van der Waals surface area contributed by atoms with Crippen molar-refractivity contribution in [1.82, 2.24) is 5.32 Å². The molecule has 0 aromatic heterocycles. The Kier molecular flexibility index (Phi) is 5.42. The van der Waals surface area contributed by atoms with Crippen LogP contribution in [0.1, 0.15) is 24.5 Å². The van der Waals surface area contributed by atoms with E-state index < -0.39 is 6.03 Å². The van der Waals surface area contributed by atoms with Gasteiger partial charge in [-0.2, -0.15) is 4.99 Å². The summed E-state index contributed by atoms with van der Waals surface area (Å²) < 4.78 is 0. The minimum atomic E-state index is -0.438. The molecular weight excluding hydrogens is 240 g/mol. The lowest BCUT2D eigenvalue weighted by Gasteiger charge is -2.09. The number of benzene rings is 1. The molecular formula is C14H18N4O. The van der Waals surface area contributed by atoms with Gasteiger partial charge in [-0.25, -0.2) is 4.79 Å². The molecule has 0 atom stereocenters. The van der Waals surface area contributed by atoms with Crippen LogP contribution in [0.25, 0.3) is 0 Å². The normalized spacial score (nSPS) is 10.4. The van der Waals surface area contributed by atoms with Gasteiger partial charge in [0.15, 0.2) is 0 Å². The maximum atomic E-state index is 11.7. The van der Waals surface area contributed by atoms with Gasteiger partial charge < -0.3 is 11.1 Å². The molecule has 5 nitrogen and oxygen atoms in total. The van der Waals surface area contributed by atoms with Crippen molar-refractivity contribution < 1.29 is 4.79 Å². The lowest BCUT2D eigenvalue weighted by Crippen LogP contribution is -2.39. The number of amides is 2. The molecule has 0 saturated heterocycles. The smallest absolute Gasteiger partial charge is 0.326 e. The van der Waals surface area contributed by atoms with Crippen LogP contribution in [-0.4, -0.2) is 12.0 Å². The molecule has 0 aliphatic carbocycles. The van der Waals surface area contributed by atoms with Crippen molar-refractivity contribution in [2.45, 2.75) is 27.2 Å². The molecule has 4 N–H and O–H groups in total. The largest absolute Gasteiger partial charge is 0.369 e. The van der Waals surface area contributed by atoms with Crippen molar-refractivity contribution in [2.24, 2.45) is 10.7 Å². The Morgan fingerprint density at radius 3 is 2.79 bits per heavy atom. The zero-order valence-electron chi connectivity index (χ0n) is 11.4. The Hall–Kier alpha value is -2.48. The molecule has 0 heterocycles. The number of hydrogen-bond acceptors (Lipinski definition) is 2. The predicted molar refractivity (Wildman–Crippen MR) is 77.8 cm³/mol. The maximum absolute atomic E-state index is 11.7. The number of nitrogens with one attached hydrogen (secondary N) is 2. The molecule has 0 bridgehead atoms. The topological polar surface area (TPSA) is 79.5 Å². The molecule has 0 unspecified atom stereocenters. The van der Waals surface area contributed by atoms with Crippen LogP contribution < -0.4 is 16.4 Å². The molecule has 0 radical (unpaired) electrons. The van der Waals surface area contributed by atoms with Gasteiger partial charge in [-0.15, -0.1) is 0 Å². The summed E-state index contributed by atoms with van der Waals surface area (Å²) in [6.45, 7) is 5.82. The van der Waals surface area contributed by atoms with E-state index in [1.807, 2.05) is 39.0 Å². The quantitative estimate of drug-likeness (QED) is 0.410. The molecule has 2 amide bonds. The van der Waals surface area contributed by atoms with E-state index in [2.05, 4.69) is 27.6 Å². The minimum Gasteiger partial charge on any atom is -0.369 e. The highest BCUT2D eigenvalue weighted by atomic mass is 16.2. The summed E-state index contributed by atoms with van der Waals surface area (Å²) in [5.74, 6) is 2.70. The van der Waals surface area contributed by atoms with Gasteiger partial charge in [0.25, 0.3) is 0 Å². The molecule has 19 heavy (non-hydrogen) atoms. The zero-order chi connectivity index (χ0) is 14.3. The Bertz CT molecular complexity index is 552. The van der Waals surface area contributed by atoms with E-state index in [1.165, 1.54) is 0 Å². The highest BCUT2D eigenvalue weighted by molar-refractivity contribution is 6.02. The van der Waals surface area contributed by atoms with Gasteiger partial charge in [-0.1, -0.05) is 30.5 Å². The first-order valence-corrected chi connectivity index (χ1v) is 5.99. The average molecular weight is 258 g/mol. The number of guanidine groups is 1. The molecule has 1 rings (SSSR count). The van der Waals surface area contributed by atoms with Gasteiger partial charge in [0.1, 0.15) is 0 Å². The third kappa shape index (κ3) is 5.13. The highest BCUT2D eigenvalue weighted by Crippen LogP contribution is 2.15. The number of anilines is 1.